The number of carbonyl (C=O) groups is 2. The Balaban J connectivity index is 1.93. The van der Waals surface area contributed by atoms with Crippen LogP contribution in [0.15, 0.2) is 24.3 Å². The number of quaternary nitrogens is 1. The first kappa shape index (κ1) is 17.5. The highest BCUT2D eigenvalue weighted by Crippen LogP contribution is 2.27. The second-order valence-electron chi connectivity index (χ2n) is 7.42. The largest absolute Gasteiger partial charge is 0.333 e. The molecule has 5 heteroatoms. The Morgan fingerprint density at radius 2 is 1.96 bits per heavy atom. The number of nitrogens with one attached hydrogen (secondary N) is 3. The topological polar surface area (TPSA) is 62.6 Å². The molecule has 2 atom stereocenters. The quantitative estimate of drug-likeness (QED) is 0.784. The SMILES string of the molecule is C[NH+](CC(=O)NC(=O)NC(C)(C)C)[C@@H]1CCCc2ccccc21. The van der Waals surface area contributed by atoms with Gasteiger partial charge in [-0.3, -0.25) is 10.1 Å². The van der Waals surface area contributed by atoms with E-state index in [4.69, 9.17) is 0 Å². The summed E-state index contributed by atoms with van der Waals surface area (Å²) < 4.78 is 0. The summed E-state index contributed by atoms with van der Waals surface area (Å²) in [6, 6.07) is 8.34. The van der Waals surface area contributed by atoms with Crippen LogP contribution in [-0.4, -0.2) is 31.1 Å². The Morgan fingerprint density at radius 3 is 2.65 bits per heavy atom. The van der Waals surface area contributed by atoms with Gasteiger partial charge < -0.3 is 10.2 Å². The molecule has 2 rings (SSSR count). The predicted octanol–water partition coefficient (Wildman–Crippen LogP) is 1.20. The van der Waals surface area contributed by atoms with Crippen molar-refractivity contribution in [1.29, 1.82) is 0 Å². The maximum Gasteiger partial charge on any atom is 0.322 e. The third kappa shape index (κ3) is 5.06. The number of likely N-dealkylation sites (N-methyl/N-ethyl adjacent to an activating group) is 1. The van der Waals surface area contributed by atoms with E-state index in [9.17, 15) is 9.59 Å². The van der Waals surface area contributed by atoms with Gasteiger partial charge in [-0.1, -0.05) is 24.3 Å². The van der Waals surface area contributed by atoms with Crippen molar-refractivity contribution in [3.8, 4) is 0 Å². The molecular weight excluding hydrogens is 290 g/mol. The van der Waals surface area contributed by atoms with E-state index >= 15 is 0 Å². The van der Waals surface area contributed by atoms with Crippen LogP contribution in [0.1, 0.15) is 50.8 Å². The molecule has 0 heterocycles. The molecular formula is C18H28N3O2+. The summed E-state index contributed by atoms with van der Waals surface area (Å²) in [5, 5.41) is 5.16. The van der Waals surface area contributed by atoms with Crippen molar-refractivity contribution in [2.75, 3.05) is 13.6 Å². The second kappa shape index (κ2) is 7.13. The number of hydrogen-bond donors (Lipinski definition) is 3. The van der Waals surface area contributed by atoms with Crippen LogP contribution >= 0.6 is 0 Å². The van der Waals surface area contributed by atoms with Gasteiger partial charge in [-0.05, 0) is 39.2 Å². The van der Waals surface area contributed by atoms with Gasteiger partial charge in [0.05, 0.1) is 7.05 Å². The smallest absolute Gasteiger partial charge is 0.322 e. The first-order valence-electron chi connectivity index (χ1n) is 8.28. The van der Waals surface area contributed by atoms with Gasteiger partial charge in [-0.15, -0.1) is 0 Å². The third-order valence-electron chi connectivity index (χ3n) is 4.15. The lowest BCUT2D eigenvalue weighted by molar-refractivity contribution is -0.905. The van der Waals surface area contributed by atoms with Crippen LogP contribution in [0.2, 0.25) is 0 Å². The summed E-state index contributed by atoms with van der Waals surface area (Å²) in [6.07, 6.45) is 3.33. The van der Waals surface area contributed by atoms with E-state index in [0.717, 1.165) is 24.2 Å². The van der Waals surface area contributed by atoms with E-state index in [1.54, 1.807) is 0 Å². The van der Waals surface area contributed by atoms with Gasteiger partial charge in [0.1, 0.15) is 6.04 Å². The summed E-state index contributed by atoms with van der Waals surface area (Å²) in [4.78, 5) is 25.0. The number of hydrogen-bond acceptors (Lipinski definition) is 2. The molecule has 126 valence electrons. The van der Waals surface area contributed by atoms with E-state index in [2.05, 4.69) is 34.9 Å². The molecule has 1 aliphatic rings. The number of amides is 3. The maximum absolute atomic E-state index is 12.1. The summed E-state index contributed by atoms with van der Waals surface area (Å²) >= 11 is 0. The number of fused-ring (bicyclic) bond motifs is 1. The summed E-state index contributed by atoms with van der Waals surface area (Å²) in [5.41, 5.74) is 2.36. The monoisotopic (exact) mass is 318 g/mol. The van der Waals surface area contributed by atoms with Crippen LogP contribution in [-0.2, 0) is 11.2 Å². The Kier molecular flexibility index (Phi) is 5.42. The molecule has 0 fully saturated rings. The fourth-order valence-electron chi connectivity index (χ4n) is 3.18. The minimum Gasteiger partial charge on any atom is -0.333 e. The van der Waals surface area contributed by atoms with E-state index in [1.165, 1.54) is 11.1 Å². The molecule has 1 unspecified atom stereocenters. The standard InChI is InChI=1S/C18H27N3O2/c1-18(2,3)20-17(23)19-16(22)12-21(4)15-11-7-9-13-8-5-6-10-14(13)15/h5-6,8,10,15H,7,9,11-12H2,1-4H3,(H2,19,20,22,23)/p+1/t15-/m1/s1. The van der Waals surface area contributed by atoms with Crippen LogP contribution in [0, 0.1) is 0 Å². The van der Waals surface area contributed by atoms with Crippen molar-refractivity contribution >= 4 is 11.9 Å². The van der Waals surface area contributed by atoms with Crippen molar-refractivity contribution in [2.24, 2.45) is 0 Å². The van der Waals surface area contributed by atoms with Gasteiger partial charge >= 0.3 is 6.03 Å². The number of aryl methyl sites for hydroxylation is 1. The minimum absolute atomic E-state index is 0.243. The van der Waals surface area contributed by atoms with Crippen molar-refractivity contribution in [3.63, 3.8) is 0 Å². The van der Waals surface area contributed by atoms with Gasteiger partial charge in [0, 0.05) is 17.5 Å². The van der Waals surface area contributed by atoms with E-state index in [1.807, 2.05) is 27.8 Å². The molecule has 5 nitrogen and oxygen atoms in total. The van der Waals surface area contributed by atoms with Crippen molar-refractivity contribution in [1.82, 2.24) is 10.6 Å². The van der Waals surface area contributed by atoms with Gasteiger partial charge in [0.25, 0.3) is 5.91 Å². The molecule has 0 saturated heterocycles. The zero-order chi connectivity index (χ0) is 17.0. The molecule has 0 spiro atoms. The first-order chi connectivity index (χ1) is 10.8. The van der Waals surface area contributed by atoms with Gasteiger partial charge in [0.15, 0.2) is 6.54 Å². The van der Waals surface area contributed by atoms with Gasteiger partial charge in [-0.25, -0.2) is 4.79 Å². The number of rotatable bonds is 3. The molecule has 0 radical (unpaired) electrons. The van der Waals surface area contributed by atoms with Crippen molar-refractivity contribution in [3.05, 3.63) is 35.4 Å². The Morgan fingerprint density at radius 1 is 1.26 bits per heavy atom. The van der Waals surface area contributed by atoms with Crippen molar-refractivity contribution < 1.29 is 14.5 Å². The Labute approximate surface area is 138 Å². The van der Waals surface area contributed by atoms with Crippen molar-refractivity contribution in [2.45, 2.75) is 51.6 Å². The second-order valence-corrected chi connectivity index (χ2v) is 7.42. The summed E-state index contributed by atoms with van der Waals surface area (Å²) in [7, 11) is 2.02. The highest BCUT2D eigenvalue weighted by Gasteiger charge is 2.28. The number of imide groups is 1. The molecule has 0 aromatic heterocycles. The highest BCUT2D eigenvalue weighted by molar-refractivity contribution is 5.94. The number of carbonyl (C=O) groups excluding carboxylic acids is 2. The van der Waals surface area contributed by atoms with Crippen LogP contribution in [0.4, 0.5) is 4.79 Å². The zero-order valence-electron chi connectivity index (χ0n) is 14.5. The molecule has 0 bridgehead atoms. The average molecular weight is 318 g/mol. The minimum atomic E-state index is -0.431. The fourth-order valence-corrected chi connectivity index (χ4v) is 3.18. The molecule has 0 aliphatic heterocycles. The molecule has 23 heavy (non-hydrogen) atoms. The van der Waals surface area contributed by atoms with E-state index < -0.39 is 6.03 Å². The predicted molar refractivity (Wildman–Crippen MR) is 90.3 cm³/mol. The molecule has 0 saturated carbocycles. The molecule has 3 amide bonds. The van der Waals surface area contributed by atoms with Crippen LogP contribution in [0.3, 0.4) is 0 Å². The first-order valence-corrected chi connectivity index (χ1v) is 8.28. The third-order valence-corrected chi connectivity index (χ3v) is 4.15. The fraction of sp³-hybridized carbons (Fsp3) is 0.556. The number of urea groups is 1. The normalized spacial score (nSPS) is 18.7. The Bertz CT molecular complexity index is 578. The number of benzene rings is 1. The maximum atomic E-state index is 12.1. The molecule has 1 aliphatic carbocycles. The lowest BCUT2D eigenvalue weighted by Crippen LogP contribution is -3.10. The lowest BCUT2D eigenvalue weighted by atomic mass is 9.87. The molecule has 1 aromatic rings. The molecule has 1 aromatic carbocycles. The Hall–Kier alpha value is -1.88. The average Bonchev–Trinajstić information content (AvgIpc) is 2.44. The van der Waals surface area contributed by atoms with Crippen LogP contribution < -0.4 is 15.5 Å². The van der Waals surface area contributed by atoms with Gasteiger partial charge in [-0.2, -0.15) is 0 Å². The zero-order valence-corrected chi connectivity index (χ0v) is 14.5. The van der Waals surface area contributed by atoms with Crippen LogP contribution in [0.25, 0.3) is 0 Å². The van der Waals surface area contributed by atoms with Crippen LogP contribution in [0.5, 0.6) is 0 Å². The van der Waals surface area contributed by atoms with E-state index in [0.29, 0.717) is 6.04 Å². The lowest BCUT2D eigenvalue weighted by Gasteiger charge is -2.30. The van der Waals surface area contributed by atoms with Gasteiger partial charge in [0.2, 0.25) is 0 Å². The molecule has 3 N–H and O–H groups in total. The summed E-state index contributed by atoms with van der Waals surface area (Å²) in [5.74, 6) is -0.243. The summed E-state index contributed by atoms with van der Waals surface area (Å²) in [6.45, 7) is 5.94. The van der Waals surface area contributed by atoms with E-state index in [-0.39, 0.29) is 18.0 Å². The highest BCUT2D eigenvalue weighted by atomic mass is 16.2.